The monoisotopic (exact) mass is 295 g/mol. The first-order chi connectivity index (χ1) is 9.49. The Morgan fingerprint density at radius 2 is 2.00 bits per heavy atom. The van der Waals surface area contributed by atoms with Gasteiger partial charge in [-0.15, -0.1) is 0 Å². The van der Waals surface area contributed by atoms with Crippen molar-refractivity contribution in [1.29, 1.82) is 0 Å². The van der Waals surface area contributed by atoms with Gasteiger partial charge >= 0.3 is 5.97 Å². The lowest BCUT2D eigenvalue weighted by atomic mass is 10.0. The van der Waals surface area contributed by atoms with Gasteiger partial charge in [-0.3, -0.25) is 4.79 Å². The van der Waals surface area contributed by atoms with E-state index in [0.717, 1.165) is 11.0 Å². The van der Waals surface area contributed by atoms with Crippen LogP contribution in [0.2, 0.25) is 0 Å². The molecule has 1 unspecified atom stereocenters. The zero-order chi connectivity index (χ0) is 14.6. The second kappa shape index (κ2) is 6.19. The highest BCUT2D eigenvalue weighted by atomic mass is 32.2. The molecule has 1 N–H and O–H groups in total. The number of hydrogen-bond acceptors (Lipinski definition) is 3. The summed E-state index contributed by atoms with van der Waals surface area (Å²) in [5, 5.41) is 10.1. The van der Waals surface area contributed by atoms with Gasteiger partial charge in [-0.25, -0.2) is 8.42 Å². The molecule has 5 nitrogen and oxygen atoms in total. The van der Waals surface area contributed by atoms with Gasteiger partial charge < -0.3 is 5.11 Å². The summed E-state index contributed by atoms with van der Waals surface area (Å²) in [5.41, 5.74) is 0.794. The third kappa shape index (κ3) is 3.68. The zero-order valence-electron chi connectivity index (χ0n) is 11.0. The van der Waals surface area contributed by atoms with E-state index in [0.29, 0.717) is 19.4 Å². The van der Waals surface area contributed by atoms with Gasteiger partial charge in [0, 0.05) is 18.5 Å². The summed E-state index contributed by atoms with van der Waals surface area (Å²) < 4.78 is 25.6. The third-order valence-electron chi connectivity index (χ3n) is 3.33. The number of carbonyl (C=O) groups is 1. The standard InChI is InChI=1S/C14H17NO4S/c16-14(17)13-7-4-9-15(11-13)20(18,19)10-8-12-5-2-1-3-6-12/h1-3,5-6,8,10,13H,4,7,9,11H2,(H,16,17)/b10-8+. The van der Waals surface area contributed by atoms with Gasteiger partial charge in [-0.1, -0.05) is 30.3 Å². The predicted octanol–water partition coefficient (Wildman–Crippen LogP) is 1.78. The molecule has 1 saturated heterocycles. The van der Waals surface area contributed by atoms with E-state index in [2.05, 4.69) is 0 Å². The Morgan fingerprint density at radius 3 is 2.65 bits per heavy atom. The van der Waals surface area contributed by atoms with E-state index in [9.17, 15) is 13.2 Å². The molecule has 1 heterocycles. The van der Waals surface area contributed by atoms with Crippen LogP contribution >= 0.6 is 0 Å². The van der Waals surface area contributed by atoms with Crippen molar-refractivity contribution in [3.63, 3.8) is 0 Å². The number of benzene rings is 1. The quantitative estimate of drug-likeness (QED) is 0.919. The minimum Gasteiger partial charge on any atom is -0.481 e. The average molecular weight is 295 g/mol. The SMILES string of the molecule is O=C(O)C1CCCN(S(=O)(=O)/C=C/c2ccccc2)C1. The Morgan fingerprint density at radius 1 is 1.30 bits per heavy atom. The molecule has 1 aromatic rings. The van der Waals surface area contributed by atoms with Crippen LogP contribution in [0.15, 0.2) is 35.7 Å². The molecule has 6 heteroatoms. The van der Waals surface area contributed by atoms with Crippen molar-refractivity contribution in [3.8, 4) is 0 Å². The highest BCUT2D eigenvalue weighted by Gasteiger charge is 2.30. The molecule has 0 aliphatic carbocycles. The Hall–Kier alpha value is -1.66. The second-order valence-corrected chi connectivity index (χ2v) is 6.61. The maximum absolute atomic E-state index is 12.2. The Labute approximate surface area is 118 Å². The van der Waals surface area contributed by atoms with Crippen molar-refractivity contribution < 1.29 is 18.3 Å². The number of aliphatic carboxylic acids is 1. The first-order valence-corrected chi connectivity index (χ1v) is 7.95. The molecule has 2 rings (SSSR count). The van der Waals surface area contributed by atoms with Gasteiger partial charge in [-0.05, 0) is 24.5 Å². The highest BCUT2D eigenvalue weighted by Crippen LogP contribution is 2.20. The maximum Gasteiger partial charge on any atom is 0.307 e. The topological polar surface area (TPSA) is 74.7 Å². The molecular weight excluding hydrogens is 278 g/mol. The van der Waals surface area contributed by atoms with E-state index in [-0.39, 0.29) is 6.54 Å². The van der Waals surface area contributed by atoms with Crippen LogP contribution in [0.4, 0.5) is 0 Å². The largest absolute Gasteiger partial charge is 0.481 e. The summed E-state index contributed by atoms with van der Waals surface area (Å²) in [5.74, 6) is -1.54. The van der Waals surface area contributed by atoms with Crippen LogP contribution in [0, 0.1) is 5.92 Å². The normalized spacial score (nSPS) is 21.1. The molecule has 1 atom stereocenters. The minimum atomic E-state index is -3.56. The molecule has 0 aromatic heterocycles. The number of carboxylic acids is 1. The van der Waals surface area contributed by atoms with E-state index >= 15 is 0 Å². The van der Waals surface area contributed by atoms with E-state index < -0.39 is 21.9 Å². The van der Waals surface area contributed by atoms with Gasteiger partial charge in [-0.2, -0.15) is 4.31 Å². The van der Waals surface area contributed by atoms with Gasteiger partial charge in [0.05, 0.1) is 5.92 Å². The zero-order valence-corrected chi connectivity index (χ0v) is 11.8. The minimum absolute atomic E-state index is 0.0524. The van der Waals surface area contributed by atoms with E-state index in [1.54, 1.807) is 0 Å². The molecule has 0 saturated carbocycles. The molecule has 1 fully saturated rings. The molecule has 20 heavy (non-hydrogen) atoms. The molecule has 1 aliphatic heterocycles. The summed E-state index contributed by atoms with van der Waals surface area (Å²) >= 11 is 0. The summed E-state index contributed by atoms with van der Waals surface area (Å²) in [7, 11) is -3.56. The summed E-state index contributed by atoms with van der Waals surface area (Å²) in [6, 6.07) is 9.12. The smallest absolute Gasteiger partial charge is 0.307 e. The van der Waals surface area contributed by atoms with E-state index in [1.807, 2.05) is 30.3 Å². The number of hydrogen-bond donors (Lipinski definition) is 1. The van der Waals surface area contributed by atoms with Gasteiger partial charge in [0.2, 0.25) is 10.0 Å². The lowest BCUT2D eigenvalue weighted by molar-refractivity contribution is -0.142. The number of nitrogens with zero attached hydrogens (tertiary/aromatic N) is 1. The number of sulfonamides is 1. The maximum atomic E-state index is 12.2. The molecule has 0 radical (unpaired) electrons. The fourth-order valence-corrected chi connectivity index (χ4v) is 3.46. The van der Waals surface area contributed by atoms with Crippen LogP contribution in [0.5, 0.6) is 0 Å². The Balaban J connectivity index is 2.10. The average Bonchev–Trinajstić information content (AvgIpc) is 2.46. The second-order valence-electron chi connectivity index (χ2n) is 4.79. The molecule has 1 aromatic carbocycles. The predicted molar refractivity (Wildman–Crippen MR) is 76.3 cm³/mol. The van der Waals surface area contributed by atoms with Crippen LogP contribution in [0.1, 0.15) is 18.4 Å². The van der Waals surface area contributed by atoms with Crippen molar-refractivity contribution in [2.75, 3.05) is 13.1 Å². The van der Waals surface area contributed by atoms with Crippen LogP contribution in [-0.4, -0.2) is 36.9 Å². The Bertz CT molecular complexity index is 595. The lowest BCUT2D eigenvalue weighted by Crippen LogP contribution is -2.41. The van der Waals surface area contributed by atoms with Crippen molar-refractivity contribution >= 4 is 22.1 Å². The summed E-state index contributed by atoms with van der Waals surface area (Å²) in [4.78, 5) is 11.0. The van der Waals surface area contributed by atoms with Gasteiger partial charge in [0.25, 0.3) is 0 Å². The summed E-state index contributed by atoms with van der Waals surface area (Å²) in [6.45, 7) is 0.433. The van der Waals surface area contributed by atoms with Crippen LogP contribution in [0.25, 0.3) is 6.08 Å². The number of piperidine rings is 1. The van der Waals surface area contributed by atoms with Crippen LogP contribution in [-0.2, 0) is 14.8 Å². The summed E-state index contributed by atoms with van der Waals surface area (Å²) in [6.07, 6.45) is 2.64. The molecule has 0 spiro atoms. The van der Waals surface area contributed by atoms with Crippen molar-refractivity contribution in [2.45, 2.75) is 12.8 Å². The number of rotatable bonds is 4. The highest BCUT2D eigenvalue weighted by molar-refractivity contribution is 7.92. The third-order valence-corrected chi connectivity index (χ3v) is 4.86. The van der Waals surface area contributed by atoms with E-state index in [1.165, 1.54) is 10.4 Å². The van der Waals surface area contributed by atoms with Crippen molar-refractivity contribution in [3.05, 3.63) is 41.3 Å². The molecule has 0 bridgehead atoms. The van der Waals surface area contributed by atoms with Crippen LogP contribution < -0.4 is 0 Å². The van der Waals surface area contributed by atoms with Crippen molar-refractivity contribution in [1.82, 2.24) is 4.31 Å². The van der Waals surface area contributed by atoms with Crippen LogP contribution in [0.3, 0.4) is 0 Å². The van der Waals surface area contributed by atoms with Gasteiger partial charge in [0.15, 0.2) is 0 Å². The fraction of sp³-hybridized carbons (Fsp3) is 0.357. The van der Waals surface area contributed by atoms with Crippen molar-refractivity contribution in [2.24, 2.45) is 5.92 Å². The Kier molecular flexibility index (Phi) is 4.57. The fourth-order valence-electron chi connectivity index (χ4n) is 2.19. The van der Waals surface area contributed by atoms with E-state index in [4.69, 9.17) is 5.11 Å². The lowest BCUT2D eigenvalue weighted by Gasteiger charge is -2.28. The molecular formula is C14H17NO4S. The van der Waals surface area contributed by atoms with Gasteiger partial charge in [0.1, 0.15) is 0 Å². The molecule has 1 aliphatic rings. The molecule has 0 amide bonds. The first-order valence-electron chi connectivity index (χ1n) is 6.45. The number of carboxylic acid groups (broad SMARTS) is 1. The first kappa shape index (κ1) is 14.7. The molecule has 108 valence electrons.